The zero-order valence-corrected chi connectivity index (χ0v) is 12.0. The van der Waals surface area contributed by atoms with E-state index in [1.54, 1.807) is 7.05 Å². The Balaban J connectivity index is 2.10. The van der Waals surface area contributed by atoms with Gasteiger partial charge in [0.1, 0.15) is 5.82 Å². The summed E-state index contributed by atoms with van der Waals surface area (Å²) in [6.45, 7) is 1.11. The third-order valence-electron chi connectivity index (χ3n) is 3.48. The molecule has 0 aromatic heterocycles. The number of nitrogens with zero attached hydrogens (tertiary/aromatic N) is 1. The molecule has 1 heterocycles. The van der Waals surface area contributed by atoms with Crippen molar-refractivity contribution in [3.8, 4) is 0 Å². The number of hydrogen-bond donors (Lipinski definition) is 1. The van der Waals surface area contributed by atoms with E-state index in [2.05, 4.69) is 0 Å². The summed E-state index contributed by atoms with van der Waals surface area (Å²) in [6.07, 6.45) is 0.947. The van der Waals surface area contributed by atoms with Gasteiger partial charge in [-0.2, -0.15) is 0 Å². The number of ether oxygens (including phenoxy) is 1. The molecule has 1 aromatic carbocycles. The Labute approximate surface area is 122 Å². The summed E-state index contributed by atoms with van der Waals surface area (Å²) in [7, 11) is 1.57. The fraction of sp³-hybridized carbons (Fsp3) is 0.500. The topological polar surface area (TPSA) is 49.8 Å². The maximum absolute atomic E-state index is 13.4. The number of likely N-dealkylation sites (N-methyl/N-ethyl adjacent to an activating group) is 1. The normalized spacial score (nSPS) is 17.8. The molecule has 0 radical (unpaired) electrons. The van der Waals surface area contributed by atoms with E-state index >= 15 is 0 Å². The van der Waals surface area contributed by atoms with Crippen LogP contribution in [-0.2, 0) is 4.74 Å². The zero-order valence-electron chi connectivity index (χ0n) is 11.2. The van der Waals surface area contributed by atoms with Crippen molar-refractivity contribution in [2.24, 2.45) is 0 Å². The van der Waals surface area contributed by atoms with Gasteiger partial charge in [-0.05, 0) is 12.1 Å². The third kappa shape index (κ3) is 3.29. The number of aliphatic hydroxyl groups is 1. The second kappa shape index (κ2) is 6.08. The average molecular weight is 302 g/mol. The summed E-state index contributed by atoms with van der Waals surface area (Å²) >= 11 is 5.80. The molecule has 0 spiro atoms. The Morgan fingerprint density at radius 2 is 2.15 bits per heavy atom. The van der Waals surface area contributed by atoms with Crippen LogP contribution in [0.4, 0.5) is 4.39 Å². The molecule has 0 atom stereocenters. The van der Waals surface area contributed by atoms with Crippen molar-refractivity contribution >= 4 is 17.5 Å². The van der Waals surface area contributed by atoms with Gasteiger partial charge in [-0.25, -0.2) is 4.39 Å². The fourth-order valence-electron chi connectivity index (χ4n) is 2.30. The Morgan fingerprint density at radius 3 is 2.80 bits per heavy atom. The van der Waals surface area contributed by atoms with Crippen molar-refractivity contribution in [2.45, 2.75) is 18.4 Å². The molecule has 4 nitrogen and oxygen atoms in total. The average Bonchev–Trinajstić information content (AvgIpc) is 2.41. The summed E-state index contributed by atoms with van der Waals surface area (Å²) in [5.74, 6) is -1.04. The van der Waals surface area contributed by atoms with Crippen molar-refractivity contribution in [1.29, 1.82) is 0 Å². The first-order valence-corrected chi connectivity index (χ1v) is 6.80. The van der Waals surface area contributed by atoms with Crippen molar-refractivity contribution in [3.05, 3.63) is 34.6 Å². The van der Waals surface area contributed by atoms with Crippen LogP contribution in [0.25, 0.3) is 0 Å². The number of halogens is 2. The van der Waals surface area contributed by atoms with Gasteiger partial charge < -0.3 is 14.7 Å². The number of hydrogen-bond acceptors (Lipinski definition) is 3. The standard InChI is InChI=1S/C14H17ClFNO3/c1-17(9-14(19)5-7-20-8-6-14)13(18)10-3-2-4-11(16)12(10)15/h2-4,19H,5-9H2,1H3. The second-order valence-electron chi connectivity index (χ2n) is 5.10. The van der Waals surface area contributed by atoms with Gasteiger partial charge in [0.25, 0.3) is 5.91 Å². The van der Waals surface area contributed by atoms with E-state index in [0.717, 1.165) is 0 Å². The Morgan fingerprint density at radius 1 is 1.50 bits per heavy atom. The number of carbonyl (C=O) groups excluding carboxylic acids is 1. The van der Waals surface area contributed by atoms with Gasteiger partial charge in [0.05, 0.1) is 16.2 Å². The Hall–Kier alpha value is -1.17. The van der Waals surface area contributed by atoms with Gasteiger partial charge in [-0.1, -0.05) is 17.7 Å². The summed E-state index contributed by atoms with van der Waals surface area (Å²) in [5.41, 5.74) is -0.854. The fourth-order valence-corrected chi connectivity index (χ4v) is 2.50. The summed E-state index contributed by atoms with van der Waals surface area (Å²) in [6, 6.07) is 4.11. The van der Waals surface area contributed by atoms with Crippen LogP contribution < -0.4 is 0 Å². The van der Waals surface area contributed by atoms with Crippen LogP contribution in [0.1, 0.15) is 23.2 Å². The lowest BCUT2D eigenvalue weighted by Crippen LogP contribution is -2.47. The molecule has 0 aliphatic carbocycles. The lowest BCUT2D eigenvalue weighted by Gasteiger charge is -2.35. The van der Waals surface area contributed by atoms with Crippen LogP contribution in [0.15, 0.2) is 18.2 Å². The maximum atomic E-state index is 13.4. The van der Waals surface area contributed by atoms with Gasteiger partial charge in [-0.15, -0.1) is 0 Å². The molecule has 110 valence electrons. The van der Waals surface area contributed by atoms with Gasteiger partial charge in [0, 0.05) is 39.6 Å². The van der Waals surface area contributed by atoms with Crippen LogP contribution in [0.3, 0.4) is 0 Å². The summed E-state index contributed by atoms with van der Waals surface area (Å²) in [4.78, 5) is 13.6. The highest BCUT2D eigenvalue weighted by atomic mass is 35.5. The molecule has 2 rings (SSSR count). The minimum absolute atomic E-state index is 0.102. The SMILES string of the molecule is CN(CC1(O)CCOCC1)C(=O)c1cccc(F)c1Cl. The number of rotatable bonds is 3. The molecular formula is C14H17ClFNO3. The van der Waals surface area contributed by atoms with Gasteiger partial charge in [-0.3, -0.25) is 4.79 Å². The van der Waals surface area contributed by atoms with Crippen LogP contribution in [0, 0.1) is 5.82 Å². The van der Waals surface area contributed by atoms with Crippen LogP contribution in [0.2, 0.25) is 5.02 Å². The molecular weight excluding hydrogens is 285 g/mol. The monoisotopic (exact) mass is 301 g/mol. The highest BCUT2D eigenvalue weighted by Crippen LogP contribution is 2.24. The minimum Gasteiger partial charge on any atom is -0.388 e. The van der Waals surface area contributed by atoms with Crippen LogP contribution in [-0.4, -0.2) is 48.3 Å². The Kier molecular flexibility index (Phi) is 4.62. The quantitative estimate of drug-likeness (QED) is 0.930. The first-order chi connectivity index (χ1) is 9.43. The lowest BCUT2D eigenvalue weighted by molar-refractivity contribution is -0.0734. The molecule has 1 aliphatic rings. The molecule has 1 amide bonds. The van der Waals surface area contributed by atoms with E-state index in [1.165, 1.54) is 23.1 Å². The van der Waals surface area contributed by atoms with E-state index in [9.17, 15) is 14.3 Å². The first-order valence-electron chi connectivity index (χ1n) is 6.42. The molecule has 6 heteroatoms. The predicted molar refractivity (Wildman–Crippen MR) is 73.4 cm³/mol. The number of amides is 1. The summed E-state index contributed by atoms with van der Waals surface area (Å²) < 4.78 is 18.6. The first kappa shape index (κ1) is 15.2. The van der Waals surface area contributed by atoms with Crippen molar-refractivity contribution in [3.63, 3.8) is 0 Å². The van der Waals surface area contributed by atoms with E-state index in [1.807, 2.05) is 0 Å². The molecule has 0 saturated carbocycles. The molecule has 1 aromatic rings. The van der Waals surface area contributed by atoms with E-state index in [4.69, 9.17) is 16.3 Å². The highest BCUT2D eigenvalue weighted by Gasteiger charge is 2.33. The van der Waals surface area contributed by atoms with E-state index in [-0.39, 0.29) is 17.1 Å². The zero-order chi connectivity index (χ0) is 14.8. The largest absolute Gasteiger partial charge is 0.388 e. The van der Waals surface area contributed by atoms with Gasteiger partial charge in [0.2, 0.25) is 0 Å². The molecule has 0 unspecified atom stereocenters. The molecule has 0 bridgehead atoms. The van der Waals surface area contributed by atoms with Crippen molar-refractivity contribution < 1.29 is 19.0 Å². The number of carbonyl (C=O) groups is 1. The van der Waals surface area contributed by atoms with Gasteiger partial charge >= 0.3 is 0 Å². The Bertz CT molecular complexity index is 503. The molecule has 20 heavy (non-hydrogen) atoms. The predicted octanol–water partition coefficient (Wildman–Crippen LogP) is 2.09. The second-order valence-corrected chi connectivity index (χ2v) is 5.48. The van der Waals surface area contributed by atoms with Crippen molar-refractivity contribution in [2.75, 3.05) is 26.8 Å². The van der Waals surface area contributed by atoms with Gasteiger partial charge in [0.15, 0.2) is 0 Å². The minimum atomic E-state index is -0.956. The number of benzene rings is 1. The molecule has 1 fully saturated rings. The maximum Gasteiger partial charge on any atom is 0.255 e. The van der Waals surface area contributed by atoms with Crippen LogP contribution >= 0.6 is 11.6 Å². The molecule has 1 saturated heterocycles. The molecule has 1 aliphatic heterocycles. The van der Waals surface area contributed by atoms with Crippen molar-refractivity contribution in [1.82, 2.24) is 4.90 Å². The third-order valence-corrected chi connectivity index (χ3v) is 3.87. The highest BCUT2D eigenvalue weighted by molar-refractivity contribution is 6.33. The summed E-state index contributed by atoms with van der Waals surface area (Å²) in [5, 5.41) is 10.2. The van der Waals surface area contributed by atoms with E-state index < -0.39 is 17.3 Å². The van der Waals surface area contributed by atoms with E-state index in [0.29, 0.717) is 26.1 Å². The lowest BCUT2D eigenvalue weighted by atomic mass is 9.93. The molecule has 1 N–H and O–H groups in total. The smallest absolute Gasteiger partial charge is 0.255 e. The van der Waals surface area contributed by atoms with Crippen LogP contribution in [0.5, 0.6) is 0 Å².